The minimum absolute atomic E-state index is 0.0842. The number of fused-ring (bicyclic) bond motifs is 3. The molecule has 0 saturated carbocycles. The van der Waals surface area contributed by atoms with Crippen molar-refractivity contribution >= 4 is 29.6 Å². The number of amides is 2. The number of aromatic nitrogens is 1. The van der Waals surface area contributed by atoms with Gasteiger partial charge in [0.05, 0.1) is 5.02 Å². The van der Waals surface area contributed by atoms with Crippen LogP contribution in [0.2, 0.25) is 5.02 Å². The van der Waals surface area contributed by atoms with Crippen molar-refractivity contribution in [1.82, 2.24) is 15.6 Å². The highest BCUT2D eigenvalue weighted by Crippen LogP contribution is 2.44. The fraction of sp³-hybridized carbons (Fsp3) is 0.231. The van der Waals surface area contributed by atoms with Gasteiger partial charge in [0.25, 0.3) is 0 Å². The Balaban J connectivity index is 1.39. The summed E-state index contributed by atoms with van der Waals surface area (Å²) in [5, 5.41) is 14.7. The van der Waals surface area contributed by atoms with Gasteiger partial charge in [-0.05, 0) is 40.3 Å². The first-order valence-corrected chi connectivity index (χ1v) is 11.5. The number of carbonyl (C=O) groups is 3. The van der Waals surface area contributed by atoms with E-state index in [9.17, 15) is 14.4 Å². The summed E-state index contributed by atoms with van der Waals surface area (Å²) in [6.45, 7) is 0.212. The molecule has 0 spiro atoms. The van der Waals surface area contributed by atoms with Crippen molar-refractivity contribution in [3.63, 3.8) is 0 Å². The fourth-order valence-corrected chi connectivity index (χ4v) is 4.38. The van der Waals surface area contributed by atoms with Crippen LogP contribution in [0, 0.1) is 0 Å². The largest absolute Gasteiger partial charge is 0.481 e. The van der Waals surface area contributed by atoms with Gasteiger partial charge in [0.1, 0.15) is 12.6 Å². The summed E-state index contributed by atoms with van der Waals surface area (Å²) >= 11 is 5.91. The molecule has 3 N–H and O–H groups in total. The summed E-state index contributed by atoms with van der Waals surface area (Å²) in [5.74, 6) is -1.73. The van der Waals surface area contributed by atoms with Gasteiger partial charge in [-0.1, -0.05) is 60.1 Å². The molecule has 1 atom stereocenters. The maximum atomic E-state index is 12.7. The second-order valence-electron chi connectivity index (χ2n) is 8.18. The molecule has 3 aromatic rings. The molecule has 4 rings (SSSR count). The van der Waals surface area contributed by atoms with Crippen molar-refractivity contribution in [3.05, 3.63) is 88.7 Å². The molecule has 0 bridgehead atoms. The quantitative estimate of drug-likeness (QED) is 0.412. The SMILES string of the molecule is O=C(O)CCC(NC(=O)OCC1c2ccccc2-c2ccccc21)C(=O)NCc1cncc(Cl)c1. The van der Waals surface area contributed by atoms with E-state index in [1.807, 2.05) is 48.5 Å². The number of nitrogens with zero attached hydrogens (tertiary/aromatic N) is 1. The molecular weight excluding hydrogens is 470 g/mol. The number of halogens is 1. The van der Waals surface area contributed by atoms with Gasteiger partial charge in [-0.15, -0.1) is 0 Å². The van der Waals surface area contributed by atoms with Crippen LogP contribution in [0.5, 0.6) is 0 Å². The van der Waals surface area contributed by atoms with E-state index in [4.69, 9.17) is 21.4 Å². The van der Waals surface area contributed by atoms with Crippen LogP contribution in [-0.2, 0) is 20.9 Å². The van der Waals surface area contributed by atoms with E-state index in [2.05, 4.69) is 15.6 Å². The molecular formula is C26H24ClN3O5. The first-order valence-electron chi connectivity index (χ1n) is 11.1. The van der Waals surface area contributed by atoms with Crippen molar-refractivity contribution in [2.24, 2.45) is 0 Å². The summed E-state index contributed by atoms with van der Waals surface area (Å²) in [6, 6.07) is 16.5. The van der Waals surface area contributed by atoms with Crippen LogP contribution in [0.3, 0.4) is 0 Å². The Morgan fingerprint density at radius 3 is 2.31 bits per heavy atom. The molecule has 2 amide bonds. The zero-order valence-corrected chi connectivity index (χ0v) is 19.5. The predicted octanol–water partition coefficient (Wildman–Crippen LogP) is 4.12. The zero-order valence-electron chi connectivity index (χ0n) is 18.7. The van der Waals surface area contributed by atoms with Gasteiger partial charge in [-0.25, -0.2) is 4.79 Å². The number of aliphatic carboxylic acids is 1. The Morgan fingerprint density at radius 1 is 1.03 bits per heavy atom. The fourth-order valence-electron chi connectivity index (χ4n) is 4.18. The first kappa shape index (κ1) is 24.2. The van der Waals surface area contributed by atoms with Gasteiger partial charge < -0.3 is 20.5 Å². The Morgan fingerprint density at radius 2 is 1.69 bits per heavy atom. The molecule has 2 aromatic carbocycles. The number of rotatable bonds is 9. The van der Waals surface area contributed by atoms with Gasteiger partial charge in [0, 0.05) is 31.3 Å². The smallest absolute Gasteiger partial charge is 0.407 e. The van der Waals surface area contributed by atoms with Crippen molar-refractivity contribution in [1.29, 1.82) is 0 Å². The lowest BCUT2D eigenvalue weighted by molar-refractivity contribution is -0.137. The molecule has 0 aliphatic heterocycles. The zero-order chi connectivity index (χ0) is 24.8. The highest BCUT2D eigenvalue weighted by atomic mass is 35.5. The average molecular weight is 494 g/mol. The van der Waals surface area contributed by atoms with Crippen molar-refractivity contribution < 1.29 is 24.2 Å². The lowest BCUT2D eigenvalue weighted by Crippen LogP contribution is -2.47. The summed E-state index contributed by atoms with van der Waals surface area (Å²) in [4.78, 5) is 40.3. The highest BCUT2D eigenvalue weighted by Gasteiger charge is 2.30. The number of carbonyl (C=O) groups excluding carboxylic acids is 2. The number of hydrogen-bond donors (Lipinski definition) is 3. The summed E-state index contributed by atoms with van der Waals surface area (Å²) in [5.41, 5.74) is 5.01. The number of carboxylic acids is 1. The van der Waals surface area contributed by atoms with E-state index in [0.717, 1.165) is 22.3 Å². The Hall–Kier alpha value is -3.91. The van der Waals surface area contributed by atoms with Gasteiger partial charge in [-0.3, -0.25) is 14.6 Å². The van der Waals surface area contributed by atoms with Gasteiger partial charge in [0.2, 0.25) is 5.91 Å². The summed E-state index contributed by atoms with van der Waals surface area (Å²) in [6.07, 6.45) is 1.86. The van der Waals surface area contributed by atoms with E-state index in [1.165, 1.54) is 6.20 Å². The van der Waals surface area contributed by atoms with E-state index >= 15 is 0 Å². The normalized spacial score (nSPS) is 12.8. The number of benzene rings is 2. The molecule has 180 valence electrons. The van der Waals surface area contributed by atoms with Crippen LogP contribution in [0.1, 0.15) is 35.4 Å². The molecule has 1 unspecified atom stereocenters. The van der Waals surface area contributed by atoms with E-state index in [0.29, 0.717) is 10.6 Å². The maximum absolute atomic E-state index is 12.7. The molecule has 1 aromatic heterocycles. The third-order valence-electron chi connectivity index (χ3n) is 5.83. The molecule has 0 saturated heterocycles. The molecule has 1 aliphatic carbocycles. The second-order valence-corrected chi connectivity index (χ2v) is 8.62. The Kier molecular flexibility index (Phi) is 7.62. The minimum atomic E-state index is -1.08. The number of pyridine rings is 1. The van der Waals surface area contributed by atoms with Crippen LogP contribution in [-0.4, -0.2) is 40.7 Å². The van der Waals surface area contributed by atoms with Gasteiger partial charge in [-0.2, -0.15) is 0 Å². The number of hydrogen-bond acceptors (Lipinski definition) is 5. The van der Waals surface area contributed by atoms with Crippen LogP contribution < -0.4 is 10.6 Å². The molecule has 35 heavy (non-hydrogen) atoms. The second kappa shape index (κ2) is 11.0. The van der Waals surface area contributed by atoms with E-state index < -0.39 is 24.0 Å². The summed E-state index contributed by atoms with van der Waals surface area (Å²) < 4.78 is 5.50. The molecule has 1 heterocycles. The van der Waals surface area contributed by atoms with Crippen LogP contribution in [0.4, 0.5) is 4.79 Å². The van der Waals surface area contributed by atoms with E-state index in [-0.39, 0.29) is 31.9 Å². The third kappa shape index (κ3) is 5.96. The molecule has 0 fully saturated rings. The maximum Gasteiger partial charge on any atom is 0.407 e. The number of carboxylic acid groups (broad SMARTS) is 1. The lowest BCUT2D eigenvalue weighted by Gasteiger charge is -2.19. The highest BCUT2D eigenvalue weighted by molar-refractivity contribution is 6.30. The van der Waals surface area contributed by atoms with Crippen LogP contribution in [0.25, 0.3) is 11.1 Å². The molecule has 1 aliphatic rings. The number of alkyl carbamates (subject to hydrolysis) is 1. The van der Waals surface area contributed by atoms with Crippen LogP contribution >= 0.6 is 11.6 Å². The van der Waals surface area contributed by atoms with Crippen molar-refractivity contribution in [3.8, 4) is 11.1 Å². The van der Waals surface area contributed by atoms with Gasteiger partial charge in [0.15, 0.2) is 0 Å². The lowest BCUT2D eigenvalue weighted by atomic mass is 9.98. The topological polar surface area (TPSA) is 118 Å². The van der Waals surface area contributed by atoms with E-state index in [1.54, 1.807) is 12.3 Å². The standard InChI is InChI=1S/C26H24ClN3O5/c27-17-11-16(12-28-14-17)13-29-25(33)23(9-10-24(31)32)30-26(34)35-15-22-20-7-3-1-5-18(20)19-6-2-4-8-21(19)22/h1-8,11-12,14,22-23H,9-10,13,15H2,(H,29,33)(H,30,34)(H,31,32). The molecule has 8 nitrogen and oxygen atoms in total. The number of nitrogens with one attached hydrogen (secondary N) is 2. The molecule has 9 heteroatoms. The first-order chi connectivity index (χ1) is 16.9. The van der Waals surface area contributed by atoms with Crippen molar-refractivity contribution in [2.75, 3.05) is 6.61 Å². The summed E-state index contributed by atoms with van der Waals surface area (Å²) in [7, 11) is 0. The van der Waals surface area contributed by atoms with Crippen LogP contribution in [0.15, 0.2) is 67.0 Å². The average Bonchev–Trinajstić information content (AvgIpc) is 3.17. The van der Waals surface area contributed by atoms with Gasteiger partial charge >= 0.3 is 12.1 Å². The van der Waals surface area contributed by atoms with Crippen molar-refractivity contribution in [2.45, 2.75) is 31.3 Å². The number of ether oxygens (including phenoxy) is 1. The Bertz CT molecular complexity index is 1200. The monoisotopic (exact) mass is 493 g/mol. The Labute approximate surface area is 207 Å². The molecule has 0 radical (unpaired) electrons. The minimum Gasteiger partial charge on any atom is -0.481 e. The predicted molar refractivity (Wildman–Crippen MR) is 130 cm³/mol. The third-order valence-corrected chi connectivity index (χ3v) is 6.03.